The van der Waals surface area contributed by atoms with E-state index in [2.05, 4.69) is 53.0 Å². The van der Waals surface area contributed by atoms with E-state index in [9.17, 15) is 0 Å². The molecule has 2 rings (SSSR count). The van der Waals surface area contributed by atoms with Crippen LogP contribution in [0.4, 0.5) is 5.69 Å². The Kier molecular flexibility index (Phi) is 6.56. The van der Waals surface area contributed by atoms with Gasteiger partial charge in [-0.2, -0.15) is 0 Å². The molecule has 1 fully saturated rings. The fourth-order valence-electron chi connectivity index (χ4n) is 3.25. The van der Waals surface area contributed by atoms with Gasteiger partial charge in [0.1, 0.15) is 0 Å². The summed E-state index contributed by atoms with van der Waals surface area (Å²) in [5.41, 5.74) is 8.70. The maximum Gasteiger partial charge on any atom is 0.0510 e. The van der Waals surface area contributed by atoms with Crippen LogP contribution in [0.3, 0.4) is 0 Å². The number of rotatable bonds is 5. The number of nitrogens with zero attached hydrogens (tertiary/aromatic N) is 1. The molecule has 0 spiro atoms. The molecule has 1 unspecified atom stereocenters. The molecule has 118 valence electrons. The minimum Gasteiger partial charge on any atom is -0.371 e. The summed E-state index contributed by atoms with van der Waals surface area (Å²) in [6.07, 6.45) is 10.2. The zero-order valence-electron chi connectivity index (χ0n) is 13.4. The van der Waals surface area contributed by atoms with Gasteiger partial charge in [0.15, 0.2) is 0 Å². The van der Waals surface area contributed by atoms with Crippen molar-refractivity contribution in [3.63, 3.8) is 0 Å². The highest BCUT2D eigenvalue weighted by Gasteiger charge is 2.19. The van der Waals surface area contributed by atoms with Crippen molar-refractivity contribution in [1.82, 2.24) is 0 Å². The Morgan fingerprint density at radius 1 is 1.24 bits per heavy atom. The van der Waals surface area contributed by atoms with E-state index in [1.807, 2.05) is 0 Å². The van der Waals surface area contributed by atoms with E-state index in [0.717, 1.165) is 12.8 Å². The van der Waals surface area contributed by atoms with Crippen molar-refractivity contribution in [3.05, 3.63) is 28.2 Å². The van der Waals surface area contributed by atoms with Crippen molar-refractivity contribution in [2.45, 2.75) is 70.4 Å². The zero-order valence-corrected chi connectivity index (χ0v) is 15.0. The maximum absolute atomic E-state index is 6.06. The monoisotopic (exact) mass is 352 g/mol. The van der Waals surface area contributed by atoms with Crippen LogP contribution in [0.2, 0.25) is 0 Å². The first-order chi connectivity index (χ1) is 10.1. The van der Waals surface area contributed by atoms with E-state index in [4.69, 9.17) is 5.73 Å². The second-order valence-electron chi connectivity index (χ2n) is 6.41. The van der Waals surface area contributed by atoms with E-state index in [1.54, 1.807) is 0 Å². The Hall–Kier alpha value is -0.540. The smallest absolute Gasteiger partial charge is 0.0510 e. The Morgan fingerprint density at radius 3 is 2.48 bits per heavy atom. The molecular formula is C18H29BrN2. The molecule has 0 radical (unpaired) electrons. The number of hydrogen-bond donors (Lipinski definition) is 1. The number of nitrogens with two attached hydrogens (primary N) is 1. The Labute approximate surface area is 138 Å². The van der Waals surface area contributed by atoms with Crippen molar-refractivity contribution in [2.24, 2.45) is 5.73 Å². The van der Waals surface area contributed by atoms with E-state index in [0.29, 0.717) is 6.04 Å². The predicted molar refractivity (Wildman–Crippen MR) is 96.0 cm³/mol. The first-order valence-corrected chi connectivity index (χ1v) is 9.18. The van der Waals surface area contributed by atoms with Crippen LogP contribution in [0.25, 0.3) is 0 Å². The van der Waals surface area contributed by atoms with Gasteiger partial charge in [-0.05, 0) is 59.3 Å². The summed E-state index contributed by atoms with van der Waals surface area (Å²) in [6.45, 7) is 2.15. The van der Waals surface area contributed by atoms with Gasteiger partial charge in [0, 0.05) is 23.6 Å². The highest BCUT2D eigenvalue weighted by molar-refractivity contribution is 9.10. The molecule has 0 saturated heterocycles. The van der Waals surface area contributed by atoms with E-state index in [-0.39, 0.29) is 6.04 Å². The Morgan fingerprint density at radius 2 is 1.90 bits per heavy atom. The van der Waals surface area contributed by atoms with E-state index >= 15 is 0 Å². The molecule has 2 nitrogen and oxygen atoms in total. The molecule has 1 aromatic rings. The second-order valence-corrected chi connectivity index (χ2v) is 7.27. The largest absolute Gasteiger partial charge is 0.371 e. The van der Waals surface area contributed by atoms with Crippen molar-refractivity contribution in [1.29, 1.82) is 0 Å². The van der Waals surface area contributed by atoms with Gasteiger partial charge in [-0.25, -0.2) is 0 Å². The molecule has 0 amide bonds. The van der Waals surface area contributed by atoms with Gasteiger partial charge in [0.2, 0.25) is 0 Å². The third-order valence-electron chi connectivity index (χ3n) is 4.79. The summed E-state index contributed by atoms with van der Waals surface area (Å²) in [6, 6.07) is 7.70. The van der Waals surface area contributed by atoms with Crippen molar-refractivity contribution in [3.8, 4) is 0 Å². The van der Waals surface area contributed by atoms with Gasteiger partial charge in [-0.3, -0.25) is 0 Å². The average molecular weight is 353 g/mol. The normalized spacial score (nSPS) is 18.3. The van der Waals surface area contributed by atoms with Crippen LogP contribution < -0.4 is 10.6 Å². The third-order valence-corrected chi connectivity index (χ3v) is 5.42. The van der Waals surface area contributed by atoms with Crippen LogP contribution in [0.1, 0.15) is 57.4 Å². The van der Waals surface area contributed by atoms with Gasteiger partial charge in [-0.1, -0.05) is 38.7 Å². The molecular weight excluding hydrogens is 324 g/mol. The molecule has 1 aliphatic rings. The topological polar surface area (TPSA) is 29.3 Å². The first kappa shape index (κ1) is 16.8. The number of anilines is 1. The lowest BCUT2D eigenvalue weighted by molar-refractivity contribution is 0.552. The lowest BCUT2D eigenvalue weighted by Crippen LogP contribution is -2.31. The highest BCUT2D eigenvalue weighted by Crippen LogP contribution is 2.31. The minimum atomic E-state index is 0.266. The second kappa shape index (κ2) is 8.19. The number of hydrogen-bond acceptors (Lipinski definition) is 2. The summed E-state index contributed by atoms with van der Waals surface area (Å²) in [7, 11) is 2.24. The molecule has 0 aromatic heterocycles. The lowest BCUT2D eigenvalue weighted by Gasteiger charge is -2.30. The molecule has 0 bridgehead atoms. The minimum absolute atomic E-state index is 0.266. The molecule has 1 aliphatic carbocycles. The standard InChI is InChI=1S/C18H29BrN2/c1-3-15(20)12-14-10-11-18(17(19)13-14)21(2)16-8-6-4-5-7-9-16/h10-11,13,15-16H,3-9,12,20H2,1-2H3. The molecule has 21 heavy (non-hydrogen) atoms. The van der Waals surface area contributed by atoms with Crippen LogP contribution in [0, 0.1) is 0 Å². The van der Waals surface area contributed by atoms with Crippen molar-refractivity contribution in [2.75, 3.05) is 11.9 Å². The molecule has 1 aromatic carbocycles. The quantitative estimate of drug-likeness (QED) is 0.764. The van der Waals surface area contributed by atoms with E-state index < -0.39 is 0 Å². The highest BCUT2D eigenvalue weighted by atomic mass is 79.9. The van der Waals surface area contributed by atoms with Crippen LogP contribution in [0.15, 0.2) is 22.7 Å². The van der Waals surface area contributed by atoms with Gasteiger partial charge in [0.05, 0.1) is 5.69 Å². The van der Waals surface area contributed by atoms with Gasteiger partial charge < -0.3 is 10.6 Å². The van der Waals surface area contributed by atoms with Gasteiger partial charge >= 0.3 is 0 Å². The Balaban J connectivity index is 2.08. The first-order valence-electron chi connectivity index (χ1n) is 8.38. The molecule has 2 N–H and O–H groups in total. The van der Waals surface area contributed by atoms with E-state index in [1.165, 1.54) is 54.2 Å². The van der Waals surface area contributed by atoms with Crippen molar-refractivity contribution < 1.29 is 0 Å². The third kappa shape index (κ3) is 4.72. The molecule has 1 saturated carbocycles. The van der Waals surface area contributed by atoms with Crippen molar-refractivity contribution >= 4 is 21.6 Å². The van der Waals surface area contributed by atoms with Crippen LogP contribution in [-0.4, -0.2) is 19.1 Å². The number of halogens is 1. The zero-order chi connectivity index (χ0) is 15.2. The summed E-state index contributed by atoms with van der Waals surface area (Å²) in [5.74, 6) is 0. The van der Waals surface area contributed by atoms with Crippen LogP contribution >= 0.6 is 15.9 Å². The molecule has 0 aliphatic heterocycles. The summed E-state index contributed by atoms with van der Waals surface area (Å²) in [4.78, 5) is 2.47. The van der Waals surface area contributed by atoms with Crippen LogP contribution in [-0.2, 0) is 6.42 Å². The summed E-state index contributed by atoms with van der Waals surface area (Å²) < 4.78 is 1.20. The van der Waals surface area contributed by atoms with Gasteiger partial charge in [0.25, 0.3) is 0 Å². The molecule has 1 atom stereocenters. The van der Waals surface area contributed by atoms with Gasteiger partial charge in [-0.15, -0.1) is 0 Å². The summed E-state index contributed by atoms with van der Waals surface area (Å²) in [5, 5.41) is 0. The lowest BCUT2D eigenvalue weighted by atomic mass is 10.0. The SMILES string of the molecule is CCC(N)Cc1ccc(N(C)C2CCCCCC2)c(Br)c1. The maximum atomic E-state index is 6.06. The fourth-order valence-corrected chi connectivity index (χ4v) is 3.96. The summed E-state index contributed by atoms with van der Waals surface area (Å²) >= 11 is 3.76. The van der Waals surface area contributed by atoms with Crippen LogP contribution in [0.5, 0.6) is 0 Å². The predicted octanol–water partition coefficient (Wildman–Crippen LogP) is 4.89. The average Bonchev–Trinajstić information content (AvgIpc) is 2.75. The fraction of sp³-hybridized carbons (Fsp3) is 0.667. The molecule has 3 heteroatoms. The number of benzene rings is 1. The molecule has 0 heterocycles. The Bertz CT molecular complexity index is 439.